The minimum Gasteiger partial charge on any atom is -0.494 e. The largest absolute Gasteiger partial charge is 0.494 e. The van der Waals surface area contributed by atoms with Gasteiger partial charge in [0.05, 0.1) is 17.0 Å². The number of rotatable bonds is 6. The summed E-state index contributed by atoms with van der Waals surface area (Å²) in [6.45, 7) is 2.57. The summed E-state index contributed by atoms with van der Waals surface area (Å²) < 4.78 is 32.3. The van der Waals surface area contributed by atoms with Crippen LogP contribution >= 0.6 is 27.5 Å². The number of halogens is 2. The second kappa shape index (κ2) is 6.51. The summed E-state index contributed by atoms with van der Waals surface area (Å²) in [6.07, 6.45) is 0. The van der Waals surface area contributed by atoms with Crippen LogP contribution in [0.15, 0.2) is 21.5 Å². The number of carboxylic acids is 1. The number of methoxy groups -OCH3 is 1. The SMILES string of the molecule is COc1c(Br)cc(Cl)cc1S(=O)(=O)NCC(C)(C)C(=O)O. The van der Waals surface area contributed by atoms with Crippen molar-refractivity contribution in [3.63, 3.8) is 0 Å². The summed E-state index contributed by atoms with van der Waals surface area (Å²) in [5.74, 6) is -1.01. The number of carboxylic acid groups (broad SMARTS) is 1. The summed E-state index contributed by atoms with van der Waals surface area (Å²) in [4.78, 5) is 10.9. The Labute approximate surface area is 136 Å². The van der Waals surface area contributed by atoms with Gasteiger partial charge in [-0.3, -0.25) is 4.79 Å². The number of benzene rings is 1. The van der Waals surface area contributed by atoms with Gasteiger partial charge in [0.15, 0.2) is 5.75 Å². The van der Waals surface area contributed by atoms with E-state index >= 15 is 0 Å². The highest BCUT2D eigenvalue weighted by atomic mass is 79.9. The van der Waals surface area contributed by atoms with Gasteiger partial charge in [-0.05, 0) is 41.9 Å². The first kappa shape index (κ1) is 18.2. The second-order valence-electron chi connectivity index (χ2n) is 4.93. The third-order valence-electron chi connectivity index (χ3n) is 2.75. The first-order valence-corrected chi connectivity index (χ1v) is 8.43. The van der Waals surface area contributed by atoms with E-state index in [4.69, 9.17) is 21.4 Å². The van der Waals surface area contributed by atoms with Crippen molar-refractivity contribution < 1.29 is 23.1 Å². The zero-order valence-corrected chi connectivity index (χ0v) is 14.8. The summed E-state index contributed by atoms with van der Waals surface area (Å²) >= 11 is 9.02. The molecule has 0 unspecified atom stereocenters. The van der Waals surface area contributed by atoms with Gasteiger partial charge in [0.2, 0.25) is 10.0 Å². The molecule has 0 aromatic heterocycles. The van der Waals surface area contributed by atoms with Crippen LogP contribution in [0.2, 0.25) is 5.02 Å². The van der Waals surface area contributed by atoms with Crippen molar-refractivity contribution >= 4 is 43.5 Å². The van der Waals surface area contributed by atoms with Crippen LogP contribution in [0.3, 0.4) is 0 Å². The standard InChI is InChI=1S/C12H15BrClNO5S/c1-12(2,11(16)17)6-15-21(18,19)9-5-7(14)4-8(13)10(9)20-3/h4-5,15H,6H2,1-3H3,(H,16,17). The molecule has 0 saturated heterocycles. The van der Waals surface area contributed by atoms with Gasteiger partial charge in [0.1, 0.15) is 4.90 Å². The monoisotopic (exact) mass is 399 g/mol. The van der Waals surface area contributed by atoms with Crippen molar-refractivity contribution in [2.75, 3.05) is 13.7 Å². The number of hydrogen-bond acceptors (Lipinski definition) is 4. The van der Waals surface area contributed by atoms with Gasteiger partial charge in [-0.25, -0.2) is 13.1 Å². The van der Waals surface area contributed by atoms with E-state index in [0.29, 0.717) is 4.47 Å². The zero-order valence-electron chi connectivity index (χ0n) is 11.6. The van der Waals surface area contributed by atoms with E-state index in [0.717, 1.165) is 0 Å². The van der Waals surface area contributed by atoms with Gasteiger partial charge in [0.25, 0.3) is 0 Å². The van der Waals surface area contributed by atoms with Gasteiger partial charge in [0, 0.05) is 11.6 Å². The molecule has 0 aliphatic heterocycles. The summed E-state index contributed by atoms with van der Waals surface area (Å²) in [7, 11) is -2.64. The maximum absolute atomic E-state index is 12.3. The van der Waals surface area contributed by atoms with Crippen LogP contribution in [0.5, 0.6) is 5.75 Å². The van der Waals surface area contributed by atoms with E-state index in [-0.39, 0.29) is 22.2 Å². The number of nitrogens with one attached hydrogen (secondary N) is 1. The quantitative estimate of drug-likeness (QED) is 0.765. The van der Waals surface area contributed by atoms with E-state index in [1.54, 1.807) is 0 Å². The Kier molecular flexibility index (Phi) is 5.65. The van der Waals surface area contributed by atoms with Crippen LogP contribution in [-0.4, -0.2) is 33.1 Å². The van der Waals surface area contributed by atoms with Gasteiger partial charge in [-0.1, -0.05) is 11.6 Å². The van der Waals surface area contributed by atoms with E-state index in [1.165, 1.54) is 33.1 Å². The molecule has 0 spiro atoms. The maximum Gasteiger partial charge on any atom is 0.310 e. The molecule has 6 nitrogen and oxygen atoms in total. The lowest BCUT2D eigenvalue weighted by Gasteiger charge is -2.20. The third kappa shape index (κ3) is 4.32. The highest BCUT2D eigenvalue weighted by Gasteiger charge is 2.31. The van der Waals surface area contributed by atoms with Crippen LogP contribution in [0.4, 0.5) is 0 Å². The van der Waals surface area contributed by atoms with Crippen LogP contribution in [0.25, 0.3) is 0 Å². The summed E-state index contributed by atoms with van der Waals surface area (Å²) in [5, 5.41) is 9.22. The van der Waals surface area contributed by atoms with Crippen LogP contribution in [-0.2, 0) is 14.8 Å². The third-order valence-corrected chi connectivity index (χ3v) is 4.96. The van der Waals surface area contributed by atoms with Crippen molar-refractivity contribution in [1.82, 2.24) is 4.72 Å². The average molecular weight is 401 g/mol. The fourth-order valence-electron chi connectivity index (χ4n) is 1.36. The van der Waals surface area contributed by atoms with Crippen molar-refractivity contribution in [3.8, 4) is 5.75 Å². The average Bonchev–Trinajstić information content (AvgIpc) is 2.35. The highest BCUT2D eigenvalue weighted by Crippen LogP contribution is 2.35. The number of ether oxygens (including phenoxy) is 1. The van der Waals surface area contributed by atoms with E-state index in [9.17, 15) is 13.2 Å². The molecule has 1 aromatic rings. The van der Waals surface area contributed by atoms with Gasteiger partial charge >= 0.3 is 5.97 Å². The van der Waals surface area contributed by atoms with E-state index in [1.807, 2.05) is 0 Å². The fraction of sp³-hybridized carbons (Fsp3) is 0.417. The van der Waals surface area contributed by atoms with E-state index < -0.39 is 21.4 Å². The molecule has 0 heterocycles. The molecule has 9 heteroatoms. The Hall–Kier alpha value is -0.830. The molecule has 0 amide bonds. The molecule has 0 saturated carbocycles. The molecule has 2 N–H and O–H groups in total. The Morgan fingerprint density at radius 2 is 2.05 bits per heavy atom. The number of aliphatic carboxylic acids is 1. The van der Waals surface area contributed by atoms with Crippen LogP contribution < -0.4 is 9.46 Å². The molecule has 21 heavy (non-hydrogen) atoms. The molecule has 1 aromatic carbocycles. The van der Waals surface area contributed by atoms with Gasteiger partial charge in [-0.15, -0.1) is 0 Å². The lowest BCUT2D eigenvalue weighted by molar-refractivity contribution is -0.146. The van der Waals surface area contributed by atoms with Crippen molar-refractivity contribution in [1.29, 1.82) is 0 Å². The normalized spacial score (nSPS) is 12.2. The Bertz CT molecular complexity index is 660. The molecular weight excluding hydrogens is 386 g/mol. The summed E-state index contributed by atoms with van der Waals surface area (Å²) in [5.41, 5.74) is -1.24. The lowest BCUT2D eigenvalue weighted by atomic mass is 9.95. The number of carbonyl (C=O) groups is 1. The molecule has 118 valence electrons. The van der Waals surface area contributed by atoms with Crippen molar-refractivity contribution in [2.45, 2.75) is 18.7 Å². The van der Waals surface area contributed by atoms with Gasteiger partial charge in [-0.2, -0.15) is 0 Å². The Morgan fingerprint density at radius 3 is 2.52 bits per heavy atom. The highest BCUT2D eigenvalue weighted by molar-refractivity contribution is 9.10. The predicted octanol–water partition coefficient (Wildman–Crippen LogP) is 2.50. The molecule has 0 atom stereocenters. The first-order chi connectivity index (χ1) is 9.51. The Balaban J connectivity index is 3.18. The Morgan fingerprint density at radius 1 is 1.48 bits per heavy atom. The molecule has 0 fully saturated rings. The second-order valence-corrected chi connectivity index (χ2v) is 7.96. The van der Waals surface area contributed by atoms with Gasteiger partial charge < -0.3 is 9.84 Å². The molecule has 1 rings (SSSR count). The molecule has 0 bridgehead atoms. The van der Waals surface area contributed by atoms with E-state index in [2.05, 4.69) is 20.7 Å². The minimum atomic E-state index is -3.97. The molecule has 0 radical (unpaired) electrons. The number of sulfonamides is 1. The fourth-order valence-corrected chi connectivity index (χ4v) is 3.96. The van der Waals surface area contributed by atoms with Crippen LogP contribution in [0, 0.1) is 5.41 Å². The molecular formula is C12H15BrClNO5S. The smallest absolute Gasteiger partial charge is 0.310 e. The van der Waals surface area contributed by atoms with Crippen LogP contribution in [0.1, 0.15) is 13.8 Å². The zero-order chi connectivity index (χ0) is 16.4. The first-order valence-electron chi connectivity index (χ1n) is 5.77. The molecule has 0 aliphatic carbocycles. The molecule has 0 aliphatic rings. The predicted molar refractivity (Wildman–Crippen MR) is 82.3 cm³/mol. The number of hydrogen-bond donors (Lipinski definition) is 2. The van der Waals surface area contributed by atoms with Crippen molar-refractivity contribution in [3.05, 3.63) is 21.6 Å². The topological polar surface area (TPSA) is 92.7 Å². The maximum atomic E-state index is 12.3. The minimum absolute atomic E-state index is 0.0973. The lowest BCUT2D eigenvalue weighted by Crippen LogP contribution is -2.39. The van der Waals surface area contributed by atoms with Crippen molar-refractivity contribution in [2.24, 2.45) is 5.41 Å². The summed E-state index contributed by atoms with van der Waals surface area (Å²) in [6, 6.07) is 2.74.